The van der Waals surface area contributed by atoms with Crippen molar-refractivity contribution in [3.8, 4) is 22.3 Å². The zero-order valence-corrected chi connectivity index (χ0v) is 18.5. The van der Waals surface area contributed by atoms with E-state index in [0.717, 1.165) is 12.8 Å². The lowest BCUT2D eigenvalue weighted by Gasteiger charge is -2.08. The van der Waals surface area contributed by atoms with Gasteiger partial charge in [0.25, 0.3) is 0 Å². The minimum Gasteiger partial charge on any atom is -0.372 e. The van der Waals surface area contributed by atoms with Gasteiger partial charge in [-0.2, -0.15) is 0 Å². The highest BCUT2D eigenvalue weighted by Crippen LogP contribution is 2.22. The zero-order valence-electron chi connectivity index (χ0n) is 18.5. The SMILES string of the molecule is CCc1ccc(-c2ccc(COCc3ccc(-c4ccc(CC)cc4)cc3)cc2)cc1. The molecule has 0 amide bonds. The maximum Gasteiger partial charge on any atom is 0.0721 e. The molecule has 0 atom stereocenters. The zero-order chi connectivity index (χ0) is 21.5. The van der Waals surface area contributed by atoms with Crippen molar-refractivity contribution in [3.63, 3.8) is 0 Å². The third kappa shape index (κ3) is 5.51. The molecule has 31 heavy (non-hydrogen) atoms. The quantitative estimate of drug-likeness (QED) is 0.289. The summed E-state index contributed by atoms with van der Waals surface area (Å²) >= 11 is 0. The Morgan fingerprint density at radius 2 is 0.645 bits per heavy atom. The predicted octanol–water partition coefficient (Wildman–Crippen LogP) is 7.86. The van der Waals surface area contributed by atoms with Crippen LogP contribution in [0.15, 0.2) is 97.1 Å². The molecule has 0 heterocycles. The van der Waals surface area contributed by atoms with Crippen molar-refractivity contribution in [1.82, 2.24) is 0 Å². The first kappa shape index (κ1) is 21.1. The first-order chi connectivity index (χ1) is 15.2. The highest BCUT2D eigenvalue weighted by molar-refractivity contribution is 5.64. The fourth-order valence-corrected chi connectivity index (χ4v) is 3.74. The second kappa shape index (κ2) is 10.2. The molecular formula is C30H30O. The van der Waals surface area contributed by atoms with Crippen molar-refractivity contribution in [3.05, 3.63) is 119 Å². The Morgan fingerprint density at radius 3 is 0.903 bits per heavy atom. The summed E-state index contributed by atoms with van der Waals surface area (Å²) in [6, 6.07) is 35.0. The Hall–Kier alpha value is -3.16. The maximum atomic E-state index is 5.96. The van der Waals surface area contributed by atoms with E-state index in [1.807, 2.05) is 0 Å². The molecule has 1 nitrogen and oxygen atoms in total. The van der Waals surface area contributed by atoms with Crippen molar-refractivity contribution < 1.29 is 4.74 Å². The van der Waals surface area contributed by atoms with Gasteiger partial charge < -0.3 is 4.74 Å². The molecule has 0 aliphatic heterocycles. The van der Waals surface area contributed by atoms with E-state index in [4.69, 9.17) is 4.74 Å². The van der Waals surface area contributed by atoms with E-state index in [9.17, 15) is 0 Å². The van der Waals surface area contributed by atoms with Crippen LogP contribution in [-0.4, -0.2) is 0 Å². The first-order valence-corrected chi connectivity index (χ1v) is 11.2. The van der Waals surface area contributed by atoms with E-state index < -0.39 is 0 Å². The molecule has 0 saturated carbocycles. The largest absolute Gasteiger partial charge is 0.372 e. The summed E-state index contributed by atoms with van der Waals surface area (Å²) in [5.41, 5.74) is 10.1. The van der Waals surface area contributed by atoms with Crippen LogP contribution in [0.4, 0.5) is 0 Å². The van der Waals surface area contributed by atoms with Crippen molar-refractivity contribution in [2.75, 3.05) is 0 Å². The van der Waals surface area contributed by atoms with E-state index in [1.54, 1.807) is 0 Å². The fourth-order valence-electron chi connectivity index (χ4n) is 3.74. The van der Waals surface area contributed by atoms with Crippen molar-refractivity contribution >= 4 is 0 Å². The molecule has 4 aromatic carbocycles. The van der Waals surface area contributed by atoms with Crippen molar-refractivity contribution in [1.29, 1.82) is 0 Å². The normalized spacial score (nSPS) is 10.9. The van der Waals surface area contributed by atoms with Gasteiger partial charge in [-0.05, 0) is 57.3 Å². The van der Waals surface area contributed by atoms with Gasteiger partial charge in [0, 0.05) is 0 Å². The van der Waals surface area contributed by atoms with E-state index >= 15 is 0 Å². The lowest BCUT2D eigenvalue weighted by atomic mass is 10.0. The van der Waals surface area contributed by atoms with Gasteiger partial charge >= 0.3 is 0 Å². The summed E-state index contributed by atoms with van der Waals surface area (Å²) in [5.74, 6) is 0. The molecular weight excluding hydrogens is 376 g/mol. The number of hydrogen-bond acceptors (Lipinski definition) is 1. The van der Waals surface area contributed by atoms with Crippen LogP contribution in [0.25, 0.3) is 22.3 Å². The van der Waals surface area contributed by atoms with Gasteiger partial charge in [0.05, 0.1) is 13.2 Å². The van der Waals surface area contributed by atoms with Crippen LogP contribution in [0, 0.1) is 0 Å². The molecule has 0 radical (unpaired) electrons. The number of hydrogen-bond donors (Lipinski definition) is 0. The summed E-state index contributed by atoms with van der Waals surface area (Å²) in [4.78, 5) is 0. The average molecular weight is 407 g/mol. The summed E-state index contributed by atoms with van der Waals surface area (Å²) in [6.45, 7) is 5.61. The van der Waals surface area contributed by atoms with E-state index in [0.29, 0.717) is 13.2 Å². The molecule has 156 valence electrons. The molecule has 0 spiro atoms. The predicted molar refractivity (Wildman–Crippen MR) is 131 cm³/mol. The van der Waals surface area contributed by atoms with E-state index in [2.05, 4.69) is 111 Å². The molecule has 4 rings (SSSR count). The van der Waals surface area contributed by atoms with Crippen LogP contribution < -0.4 is 0 Å². The Balaban J connectivity index is 1.30. The maximum absolute atomic E-state index is 5.96. The minimum atomic E-state index is 0.620. The average Bonchev–Trinajstić information content (AvgIpc) is 2.85. The highest BCUT2D eigenvalue weighted by Gasteiger charge is 2.02. The topological polar surface area (TPSA) is 9.23 Å². The third-order valence-corrected chi connectivity index (χ3v) is 5.84. The molecule has 0 saturated heterocycles. The number of ether oxygens (including phenoxy) is 1. The lowest BCUT2D eigenvalue weighted by Crippen LogP contribution is -1.94. The second-order valence-electron chi connectivity index (χ2n) is 7.99. The van der Waals surface area contributed by atoms with E-state index in [-0.39, 0.29) is 0 Å². The van der Waals surface area contributed by atoms with Gasteiger partial charge in [-0.25, -0.2) is 0 Å². The molecule has 1 heteroatoms. The van der Waals surface area contributed by atoms with Crippen LogP contribution in [-0.2, 0) is 30.8 Å². The summed E-state index contributed by atoms with van der Waals surface area (Å²) in [5, 5.41) is 0. The fraction of sp³-hybridized carbons (Fsp3) is 0.200. The minimum absolute atomic E-state index is 0.620. The van der Waals surface area contributed by atoms with Crippen molar-refractivity contribution in [2.24, 2.45) is 0 Å². The Kier molecular flexibility index (Phi) is 6.96. The van der Waals surface area contributed by atoms with Crippen LogP contribution in [0.3, 0.4) is 0 Å². The van der Waals surface area contributed by atoms with Gasteiger partial charge in [0.2, 0.25) is 0 Å². The van der Waals surface area contributed by atoms with Gasteiger partial charge in [-0.1, -0.05) is 111 Å². The lowest BCUT2D eigenvalue weighted by molar-refractivity contribution is 0.107. The third-order valence-electron chi connectivity index (χ3n) is 5.84. The second-order valence-corrected chi connectivity index (χ2v) is 7.99. The van der Waals surface area contributed by atoms with Gasteiger partial charge in [0.1, 0.15) is 0 Å². The standard InChI is InChI=1S/C30H30O/c1-3-23-5-13-27(14-6-23)29-17-9-25(10-18-29)21-31-22-26-11-19-30(20-12-26)28-15-7-24(4-2)8-16-28/h5-20H,3-4,21-22H2,1-2H3. The molecule has 0 fully saturated rings. The van der Waals surface area contributed by atoms with Gasteiger partial charge in [-0.3, -0.25) is 0 Å². The highest BCUT2D eigenvalue weighted by atomic mass is 16.5. The monoisotopic (exact) mass is 406 g/mol. The Morgan fingerprint density at radius 1 is 0.387 bits per heavy atom. The number of benzene rings is 4. The summed E-state index contributed by atoms with van der Waals surface area (Å²) in [7, 11) is 0. The number of rotatable bonds is 8. The van der Waals surface area contributed by atoms with Crippen LogP contribution >= 0.6 is 0 Å². The van der Waals surface area contributed by atoms with E-state index in [1.165, 1.54) is 44.5 Å². The van der Waals surface area contributed by atoms with Gasteiger partial charge in [-0.15, -0.1) is 0 Å². The first-order valence-electron chi connectivity index (χ1n) is 11.2. The van der Waals surface area contributed by atoms with Crippen LogP contribution in [0.5, 0.6) is 0 Å². The summed E-state index contributed by atoms with van der Waals surface area (Å²) < 4.78 is 5.96. The van der Waals surface area contributed by atoms with Gasteiger partial charge in [0.15, 0.2) is 0 Å². The summed E-state index contributed by atoms with van der Waals surface area (Å²) in [6.07, 6.45) is 2.15. The molecule has 0 aliphatic rings. The molecule has 0 N–H and O–H groups in total. The Bertz CT molecular complexity index is 982. The number of aryl methyl sites for hydroxylation is 2. The van der Waals surface area contributed by atoms with Crippen LogP contribution in [0.2, 0.25) is 0 Å². The molecule has 0 aliphatic carbocycles. The molecule has 0 aromatic heterocycles. The molecule has 0 bridgehead atoms. The Labute approximate surface area is 186 Å². The van der Waals surface area contributed by atoms with Crippen LogP contribution in [0.1, 0.15) is 36.1 Å². The van der Waals surface area contributed by atoms with Crippen molar-refractivity contribution in [2.45, 2.75) is 39.9 Å². The molecule has 0 unspecified atom stereocenters. The molecule has 4 aromatic rings. The smallest absolute Gasteiger partial charge is 0.0721 e.